The van der Waals surface area contributed by atoms with Gasteiger partial charge in [0.2, 0.25) is 0 Å². The van der Waals surface area contributed by atoms with Gasteiger partial charge in [0.05, 0.1) is 0 Å². The van der Waals surface area contributed by atoms with Crippen LogP contribution in [0.2, 0.25) is 0 Å². The predicted molar refractivity (Wildman–Crippen MR) is 98.6 cm³/mol. The van der Waals surface area contributed by atoms with Crippen LogP contribution in [0.1, 0.15) is 48.9 Å². The summed E-state index contributed by atoms with van der Waals surface area (Å²) in [5, 5.41) is 0. The fourth-order valence-corrected chi connectivity index (χ4v) is 3.33. The first kappa shape index (κ1) is 16.3. The minimum absolute atomic E-state index is 0.0526. The SMILES string of the molecule is C=C(C)C(=O)OC(C)(C)C1c2ccccc2C=Cc2ccccc21. The Morgan fingerprint density at radius 3 is 1.88 bits per heavy atom. The molecule has 24 heavy (non-hydrogen) atoms. The Labute approximate surface area is 143 Å². The Kier molecular flexibility index (Phi) is 4.15. The average Bonchev–Trinajstić information content (AvgIpc) is 2.71. The Bertz CT molecular complexity index is 778. The molecule has 0 aliphatic heterocycles. The summed E-state index contributed by atoms with van der Waals surface area (Å²) in [7, 11) is 0. The fraction of sp³-hybridized carbons (Fsp3) is 0.227. The number of carbonyl (C=O) groups is 1. The first-order chi connectivity index (χ1) is 11.4. The molecule has 0 atom stereocenters. The monoisotopic (exact) mass is 318 g/mol. The third-order valence-corrected chi connectivity index (χ3v) is 4.46. The largest absolute Gasteiger partial charge is 0.455 e. The molecule has 2 aromatic carbocycles. The predicted octanol–water partition coefficient (Wildman–Crippen LogP) is 5.20. The number of fused-ring (bicyclic) bond motifs is 2. The van der Waals surface area contributed by atoms with Gasteiger partial charge in [-0.3, -0.25) is 0 Å². The second kappa shape index (κ2) is 6.12. The maximum absolute atomic E-state index is 12.2. The number of esters is 1. The highest BCUT2D eigenvalue weighted by atomic mass is 16.6. The summed E-state index contributed by atoms with van der Waals surface area (Å²) in [6, 6.07) is 16.6. The van der Waals surface area contributed by atoms with E-state index in [2.05, 4.69) is 43.0 Å². The molecule has 0 N–H and O–H groups in total. The molecule has 0 saturated carbocycles. The van der Waals surface area contributed by atoms with Gasteiger partial charge in [-0.2, -0.15) is 0 Å². The van der Waals surface area contributed by atoms with Crippen LogP contribution in [-0.4, -0.2) is 11.6 Å². The normalized spacial score (nSPS) is 13.6. The molecule has 2 aromatic rings. The van der Waals surface area contributed by atoms with Crippen molar-refractivity contribution in [1.82, 2.24) is 0 Å². The molecule has 0 unspecified atom stereocenters. The Morgan fingerprint density at radius 1 is 0.958 bits per heavy atom. The van der Waals surface area contributed by atoms with Gasteiger partial charge in [-0.25, -0.2) is 4.79 Å². The summed E-state index contributed by atoms with van der Waals surface area (Å²) in [5.41, 5.74) is 4.35. The Morgan fingerprint density at radius 2 is 1.42 bits per heavy atom. The van der Waals surface area contributed by atoms with Crippen molar-refractivity contribution in [3.63, 3.8) is 0 Å². The van der Waals surface area contributed by atoms with E-state index >= 15 is 0 Å². The van der Waals surface area contributed by atoms with Gasteiger partial charge in [0.25, 0.3) is 0 Å². The number of ether oxygens (including phenoxy) is 1. The average molecular weight is 318 g/mol. The van der Waals surface area contributed by atoms with Crippen LogP contribution in [0.4, 0.5) is 0 Å². The molecule has 122 valence electrons. The minimum atomic E-state index is -0.700. The van der Waals surface area contributed by atoms with Crippen LogP contribution >= 0.6 is 0 Å². The summed E-state index contributed by atoms with van der Waals surface area (Å²) in [6.07, 6.45) is 4.26. The number of hydrogen-bond donors (Lipinski definition) is 0. The summed E-state index contributed by atoms with van der Waals surface area (Å²) in [5.74, 6) is -0.407. The zero-order valence-electron chi connectivity index (χ0n) is 14.4. The van der Waals surface area contributed by atoms with Gasteiger partial charge in [0.1, 0.15) is 5.60 Å². The van der Waals surface area contributed by atoms with Gasteiger partial charge in [0.15, 0.2) is 0 Å². The zero-order valence-corrected chi connectivity index (χ0v) is 14.4. The van der Waals surface area contributed by atoms with Gasteiger partial charge < -0.3 is 4.74 Å². The topological polar surface area (TPSA) is 26.3 Å². The number of benzene rings is 2. The molecule has 3 rings (SSSR count). The molecule has 2 nitrogen and oxygen atoms in total. The van der Waals surface area contributed by atoms with Crippen LogP contribution in [0, 0.1) is 0 Å². The molecule has 1 aliphatic carbocycles. The van der Waals surface area contributed by atoms with E-state index in [1.807, 2.05) is 38.1 Å². The highest BCUT2D eigenvalue weighted by Gasteiger charge is 2.38. The molecular formula is C22H22O2. The molecule has 0 fully saturated rings. The van der Waals surface area contributed by atoms with Crippen molar-refractivity contribution >= 4 is 18.1 Å². The van der Waals surface area contributed by atoms with Crippen molar-refractivity contribution in [3.05, 3.63) is 82.9 Å². The molecular weight excluding hydrogens is 296 g/mol. The van der Waals surface area contributed by atoms with Gasteiger partial charge in [0, 0.05) is 11.5 Å². The van der Waals surface area contributed by atoms with Crippen LogP contribution in [0.15, 0.2) is 60.7 Å². The number of rotatable bonds is 3. The van der Waals surface area contributed by atoms with Crippen LogP contribution in [0.5, 0.6) is 0 Å². The molecule has 0 aromatic heterocycles. The van der Waals surface area contributed by atoms with Crippen molar-refractivity contribution in [1.29, 1.82) is 0 Å². The first-order valence-corrected chi connectivity index (χ1v) is 8.15. The van der Waals surface area contributed by atoms with E-state index in [0.29, 0.717) is 5.57 Å². The highest BCUT2D eigenvalue weighted by molar-refractivity contribution is 5.87. The zero-order chi connectivity index (χ0) is 17.3. The first-order valence-electron chi connectivity index (χ1n) is 8.15. The van der Waals surface area contributed by atoms with Gasteiger partial charge in [-0.05, 0) is 43.0 Å². The van der Waals surface area contributed by atoms with E-state index < -0.39 is 5.60 Å². The van der Waals surface area contributed by atoms with Crippen molar-refractivity contribution in [2.24, 2.45) is 0 Å². The summed E-state index contributed by atoms with van der Waals surface area (Å²) in [6.45, 7) is 9.32. The van der Waals surface area contributed by atoms with Crippen LogP contribution in [-0.2, 0) is 9.53 Å². The molecule has 2 heteroatoms. The fourth-order valence-electron chi connectivity index (χ4n) is 3.33. The van der Waals surface area contributed by atoms with Gasteiger partial charge >= 0.3 is 5.97 Å². The molecule has 1 aliphatic rings. The second-order valence-electron chi connectivity index (χ2n) is 6.80. The summed E-state index contributed by atoms with van der Waals surface area (Å²) >= 11 is 0. The Hall–Kier alpha value is -2.61. The van der Waals surface area contributed by atoms with Gasteiger partial charge in [-0.1, -0.05) is 67.3 Å². The van der Waals surface area contributed by atoms with Crippen molar-refractivity contribution in [3.8, 4) is 0 Å². The molecule has 0 bridgehead atoms. The smallest absolute Gasteiger partial charge is 0.333 e. The quantitative estimate of drug-likeness (QED) is 0.574. The van der Waals surface area contributed by atoms with Crippen LogP contribution < -0.4 is 0 Å². The van der Waals surface area contributed by atoms with E-state index in [1.54, 1.807) is 6.92 Å². The van der Waals surface area contributed by atoms with E-state index in [-0.39, 0.29) is 11.9 Å². The van der Waals surface area contributed by atoms with Crippen LogP contribution in [0.3, 0.4) is 0 Å². The van der Waals surface area contributed by atoms with Crippen molar-refractivity contribution < 1.29 is 9.53 Å². The summed E-state index contributed by atoms with van der Waals surface area (Å²) in [4.78, 5) is 12.2. The van der Waals surface area contributed by atoms with Gasteiger partial charge in [-0.15, -0.1) is 0 Å². The van der Waals surface area contributed by atoms with Crippen molar-refractivity contribution in [2.75, 3.05) is 0 Å². The maximum Gasteiger partial charge on any atom is 0.333 e. The number of carbonyl (C=O) groups excluding carboxylic acids is 1. The third-order valence-electron chi connectivity index (χ3n) is 4.46. The lowest BCUT2D eigenvalue weighted by atomic mass is 9.77. The molecule has 0 heterocycles. The lowest BCUT2D eigenvalue weighted by Crippen LogP contribution is -2.36. The third kappa shape index (κ3) is 2.92. The summed E-state index contributed by atoms with van der Waals surface area (Å²) < 4.78 is 5.84. The lowest BCUT2D eigenvalue weighted by Gasteiger charge is -2.36. The van der Waals surface area contributed by atoms with Crippen LogP contribution in [0.25, 0.3) is 12.2 Å². The molecule has 0 amide bonds. The number of hydrogen-bond acceptors (Lipinski definition) is 2. The van der Waals surface area contributed by atoms with E-state index in [9.17, 15) is 4.79 Å². The standard InChI is InChI=1S/C22H22O2/c1-15(2)21(23)24-22(3,4)20-18-11-7-5-9-16(18)13-14-17-10-6-8-12-19(17)20/h5-14,20H,1H2,2-4H3. The molecule has 0 saturated heterocycles. The Balaban J connectivity index is 2.17. The van der Waals surface area contributed by atoms with Crippen molar-refractivity contribution in [2.45, 2.75) is 32.3 Å². The van der Waals surface area contributed by atoms with E-state index in [1.165, 1.54) is 11.1 Å². The molecule has 0 radical (unpaired) electrons. The lowest BCUT2D eigenvalue weighted by molar-refractivity contribution is -0.152. The minimum Gasteiger partial charge on any atom is -0.455 e. The molecule has 0 spiro atoms. The van der Waals surface area contributed by atoms with E-state index in [0.717, 1.165) is 11.1 Å². The van der Waals surface area contributed by atoms with E-state index in [4.69, 9.17) is 4.74 Å². The maximum atomic E-state index is 12.2. The second-order valence-corrected chi connectivity index (χ2v) is 6.80. The highest BCUT2D eigenvalue weighted by Crippen LogP contribution is 2.43.